The Balaban J connectivity index is 3.00. The van der Waals surface area contributed by atoms with Gasteiger partial charge in [0.15, 0.2) is 0 Å². The molecular formula is C14H21ClN2O2. The summed E-state index contributed by atoms with van der Waals surface area (Å²) in [5, 5.41) is 3.22. The maximum Gasteiger partial charge on any atom is 0.412 e. The molecule has 0 bridgehead atoms. The molecule has 0 aliphatic rings. The van der Waals surface area contributed by atoms with Crippen molar-refractivity contribution in [1.82, 2.24) is 0 Å². The Morgan fingerprint density at radius 1 is 1.26 bits per heavy atom. The summed E-state index contributed by atoms with van der Waals surface area (Å²) in [5.74, 6) is 0. The lowest BCUT2D eigenvalue weighted by atomic mass is 9.94. The fraction of sp³-hybridized carbons (Fsp3) is 0.500. The molecule has 0 aromatic heterocycles. The maximum atomic E-state index is 11.8. The zero-order chi connectivity index (χ0) is 14.8. The maximum absolute atomic E-state index is 11.8. The van der Waals surface area contributed by atoms with Crippen molar-refractivity contribution < 1.29 is 9.53 Å². The number of halogens is 1. The Morgan fingerprint density at radius 3 is 2.32 bits per heavy atom. The van der Waals surface area contributed by atoms with Crippen LogP contribution >= 0.6 is 11.6 Å². The highest BCUT2D eigenvalue weighted by molar-refractivity contribution is 6.31. The molecule has 0 aliphatic carbocycles. The van der Waals surface area contributed by atoms with Crippen molar-refractivity contribution in [3.8, 4) is 0 Å². The van der Waals surface area contributed by atoms with E-state index in [9.17, 15) is 4.79 Å². The van der Waals surface area contributed by atoms with Crippen molar-refractivity contribution in [2.24, 2.45) is 5.73 Å². The van der Waals surface area contributed by atoms with Crippen molar-refractivity contribution in [2.45, 2.75) is 45.8 Å². The van der Waals surface area contributed by atoms with Crippen molar-refractivity contribution >= 4 is 23.4 Å². The summed E-state index contributed by atoms with van der Waals surface area (Å²) < 4.78 is 5.22. The molecule has 1 aromatic rings. The molecule has 0 atom stereocenters. The van der Waals surface area contributed by atoms with Gasteiger partial charge in [0.25, 0.3) is 0 Å². The van der Waals surface area contributed by atoms with Crippen LogP contribution in [-0.4, -0.2) is 11.7 Å². The summed E-state index contributed by atoms with van der Waals surface area (Å²) >= 11 is 5.95. The Kier molecular flexibility index (Phi) is 4.48. The number of rotatable bonds is 2. The Bertz CT molecular complexity index is 473. The number of amides is 1. The van der Waals surface area contributed by atoms with E-state index in [4.69, 9.17) is 22.1 Å². The lowest BCUT2D eigenvalue weighted by Gasteiger charge is -2.25. The molecule has 1 aromatic carbocycles. The summed E-state index contributed by atoms with van der Waals surface area (Å²) in [6.07, 6.45) is -0.528. The van der Waals surface area contributed by atoms with Crippen molar-refractivity contribution in [3.05, 3.63) is 28.8 Å². The van der Waals surface area contributed by atoms with Gasteiger partial charge in [0.2, 0.25) is 0 Å². The van der Waals surface area contributed by atoms with Crippen LogP contribution in [0.4, 0.5) is 10.5 Å². The highest BCUT2D eigenvalue weighted by Crippen LogP contribution is 2.29. The van der Waals surface area contributed by atoms with Gasteiger partial charge in [-0.15, -0.1) is 0 Å². The second-order valence-corrected chi connectivity index (χ2v) is 6.47. The number of ether oxygens (including phenoxy) is 1. The molecule has 19 heavy (non-hydrogen) atoms. The molecule has 1 amide bonds. The van der Waals surface area contributed by atoms with Gasteiger partial charge in [0.1, 0.15) is 5.60 Å². The van der Waals surface area contributed by atoms with E-state index in [1.807, 2.05) is 13.8 Å². The van der Waals surface area contributed by atoms with E-state index >= 15 is 0 Å². The van der Waals surface area contributed by atoms with E-state index in [-0.39, 0.29) is 0 Å². The van der Waals surface area contributed by atoms with Crippen molar-refractivity contribution in [1.29, 1.82) is 0 Å². The summed E-state index contributed by atoms with van der Waals surface area (Å²) in [4.78, 5) is 11.8. The minimum absolute atomic E-state index is 0.527. The molecule has 0 spiro atoms. The van der Waals surface area contributed by atoms with Gasteiger partial charge in [-0.2, -0.15) is 0 Å². The summed E-state index contributed by atoms with van der Waals surface area (Å²) in [7, 11) is 0. The molecule has 0 aliphatic heterocycles. The largest absolute Gasteiger partial charge is 0.444 e. The lowest BCUT2D eigenvalue weighted by Crippen LogP contribution is -2.32. The monoisotopic (exact) mass is 284 g/mol. The predicted octanol–water partition coefficient (Wildman–Crippen LogP) is 3.88. The quantitative estimate of drug-likeness (QED) is 0.866. The fourth-order valence-corrected chi connectivity index (χ4v) is 1.77. The first kappa shape index (κ1) is 15.8. The number of carbonyl (C=O) groups excluding carboxylic acids is 1. The number of nitrogens with two attached hydrogens (primary N) is 1. The van der Waals surface area contributed by atoms with E-state index in [2.05, 4.69) is 5.32 Å². The number of hydrogen-bond acceptors (Lipinski definition) is 3. The predicted molar refractivity (Wildman–Crippen MR) is 78.5 cm³/mol. The first-order valence-electron chi connectivity index (χ1n) is 6.08. The molecular weight excluding hydrogens is 264 g/mol. The van der Waals surface area contributed by atoms with Gasteiger partial charge in [-0.1, -0.05) is 17.7 Å². The third-order valence-corrected chi connectivity index (χ3v) is 2.55. The van der Waals surface area contributed by atoms with Gasteiger partial charge in [-0.3, -0.25) is 5.32 Å². The van der Waals surface area contributed by atoms with E-state index in [1.54, 1.807) is 39.0 Å². The van der Waals surface area contributed by atoms with Crippen LogP contribution in [0.2, 0.25) is 5.02 Å². The molecule has 3 N–H and O–H groups in total. The SMILES string of the molecule is CC(C)(C)OC(=O)Nc1cc(Cl)ccc1C(C)(C)N. The van der Waals surface area contributed by atoms with Gasteiger partial charge in [0, 0.05) is 10.6 Å². The van der Waals surface area contributed by atoms with Crippen LogP contribution in [-0.2, 0) is 10.3 Å². The number of hydrogen-bond donors (Lipinski definition) is 2. The van der Waals surface area contributed by atoms with Gasteiger partial charge < -0.3 is 10.5 Å². The minimum Gasteiger partial charge on any atom is -0.444 e. The zero-order valence-electron chi connectivity index (χ0n) is 12.0. The molecule has 0 saturated heterocycles. The highest BCUT2D eigenvalue weighted by Gasteiger charge is 2.22. The first-order valence-corrected chi connectivity index (χ1v) is 6.46. The molecule has 0 heterocycles. The molecule has 4 nitrogen and oxygen atoms in total. The van der Waals surface area contributed by atoms with Crippen molar-refractivity contribution in [3.63, 3.8) is 0 Å². The molecule has 5 heteroatoms. The normalized spacial score (nSPS) is 12.2. The molecule has 0 saturated carbocycles. The topological polar surface area (TPSA) is 64.3 Å². The standard InChI is InChI=1S/C14H21ClN2O2/c1-13(2,3)19-12(18)17-11-8-9(15)6-7-10(11)14(4,5)16/h6-8H,16H2,1-5H3,(H,17,18). The third-order valence-electron chi connectivity index (χ3n) is 2.31. The average molecular weight is 285 g/mol. The van der Waals surface area contributed by atoms with Gasteiger partial charge in [-0.05, 0) is 52.3 Å². The number of benzene rings is 1. The van der Waals surface area contributed by atoms with Crippen LogP contribution in [0, 0.1) is 0 Å². The van der Waals surface area contributed by atoms with Crippen LogP contribution in [0.1, 0.15) is 40.2 Å². The molecule has 0 fully saturated rings. The van der Waals surface area contributed by atoms with E-state index in [0.29, 0.717) is 10.7 Å². The summed E-state index contributed by atoms with van der Waals surface area (Å²) in [6.45, 7) is 9.13. The van der Waals surface area contributed by atoms with Crippen LogP contribution in [0.15, 0.2) is 18.2 Å². The molecule has 106 valence electrons. The lowest BCUT2D eigenvalue weighted by molar-refractivity contribution is 0.0635. The second-order valence-electron chi connectivity index (χ2n) is 6.04. The summed E-state index contributed by atoms with van der Waals surface area (Å²) in [5.41, 5.74) is 6.29. The second kappa shape index (κ2) is 5.39. The highest BCUT2D eigenvalue weighted by atomic mass is 35.5. The third kappa shape index (κ3) is 5.09. The Labute approximate surface area is 119 Å². The van der Waals surface area contributed by atoms with Crippen LogP contribution in [0.3, 0.4) is 0 Å². The van der Waals surface area contributed by atoms with Gasteiger partial charge >= 0.3 is 6.09 Å². The van der Waals surface area contributed by atoms with E-state index in [1.165, 1.54) is 0 Å². The molecule has 0 radical (unpaired) electrons. The van der Waals surface area contributed by atoms with Gasteiger partial charge in [0.05, 0.1) is 5.69 Å². The zero-order valence-corrected chi connectivity index (χ0v) is 12.8. The minimum atomic E-state index is -0.588. The number of anilines is 1. The fourth-order valence-electron chi connectivity index (χ4n) is 1.60. The molecule has 0 unspecified atom stereocenters. The first-order chi connectivity index (χ1) is 8.49. The average Bonchev–Trinajstić information content (AvgIpc) is 2.11. The van der Waals surface area contributed by atoms with E-state index < -0.39 is 17.2 Å². The van der Waals surface area contributed by atoms with Gasteiger partial charge in [-0.25, -0.2) is 4.79 Å². The van der Waals surface area contributed by atoms with Crippen LogP contribution < -0.4 is 11.1 Å². The van der Waals surface area contributed by atoms with Crippen LogP contribution in [0.25, 0.3) is 0 Å². The van der Waals surface area contributed by atoms with Crippen LogP contribution in [0.5, 0.6) is 0 Å². The van der Waals surface area contributed by atoms with Crippen molar-refractivity contribution in [2.75, 3.05) is 5.32 Å². The van der Waals surface area contributed by atoms with E-state index in [0.717, 1.165) is 5.56 Å². The number of carbonyl (C=O) groups is 1. The molecule has 1 rings (SSSR count). The number of nitrogens with one attached hydrogen (secondary N) is 1. The Morgan fingerprint density at radius 2 is 1.84 bits per heavy atom. The summed E-state index contributed by atoms with van der Waals surface area (Å²) in [6, 6.07) is 5.20. The Hall–Kier alpha value is -1.26. The smallest absolute Gasteiger partial charge is 0.412 e.